The van der Waals surface area contributed by atoms with Gasteiger partial charge in [0.25, 0.3) is 0 Å². The minimum Gasteiger partial charge on any atom is -0.382 e. The lowest BCUT2D eigenvalue weighted by atomic mass is 10.2. The number of halogens is 1. The van der Waals surface area contributed by atoms with Gasteiger partial charge in [-0.15, -0.1) is 24.0 Å². The van der Waals surface area contributed by atoms with E-state index in [0.717, 1.165) is 77.6 Å². The number of ether oxygens (including phenoxy) is 2. The molecule has 0 atom stereocenters. The standard InChI is InChI=1S/C20H35N3O2.HI/c1-3-24-16-9-7-14-22-20(21-2)23-15-8-10-17-25-18-13-19-11-5-4-6-12-19;/h4-6,11-12H,3,7-10,13-18H2,1-2H3,(H2,21,22,23);1H. The average molecular weight is 477 g/mol. The van der Waals surface area contributed by atoms with E-state index in [9.17, 15) is 0 Å². The number of nitrogens with zero attached hydrogens (tertiary/aromatic N) is 1. The summed E-state index contributed by atoms with van der Waals surface area (Å²) in [6, 6.07) is 10.5. The molecule has 1 aromatic carbocycles. The maximum absolute atomic E-state index is 5.70. The second kappa shape index (κ2) is 18.9. The number of hydrogen-bond donors (Lipinski definition) is 2. The maximum Gasteiger partial charge on any atom is 0.190 e. The van der Waals surface area contributed by atoms with Crippen molar-refractivity contribution >= 4 is 29.9 Å². The Morgan fingerprint density at radius 1 is 0.885 bits per heavy atom. The van der Waals surface area contributed by atoms with E-state index in [-0.39, 0.29) is 24.0 Å². The van der Waals surface area contributed by atoms with Gasteiger partial charge in [0.1, 0.15) is 0 Å². The van der Waals surface area contributed by atoms with Crippen molar-refractivity contribution in [3.63, 3.8) is 0 Å². The molecule has 0 radical (unpaired) electrons. The van der Waals surface area contributed by atoms with E-state index in [1.54, 1.807) is 0 Å². The van der Waals surface area contributed by atoms with E-state index in [2.05, 4.69) is 39.9 Å². The summed E-state index contributed by atoms with van der Waals surface area (Å²) < 4.78 is 11.0. The average Bonchev–Trinajstić information content (AvgIpc) is 2.65. The lowest BCUT2D eigenvalue weighted by molar-refractivity contribution is 0.133. The van der Waals surface area contributed by atoms with E-state index in [0.29, 0.717) is 0 Å². The molecule has 0 aromatic heterocycles. The van der Waals surface area contributed by atoms with Gasteiger partial charge >= 0.3 is 0 Å². The summed E-state index contributed by atoms with van der Waals surface area (Å²) in [5, 5.41) is 6.67. The molecule has 0 aliphatic carbocycles. The molecule has 0 heterocycles. The van der Waals surface area contributed by atoms with Gasteiger partial charge in [-0.1, -0.05) is 30.3 Å². The molecule has 0 aliphatic rings. The predicted octanol–water partition coefficient (Wildman–Crippen LogP) is 3.63. The Balaban J connectivity index is 0.00000625. The van der Waals surface area contributed by atoms with Gasteiger partial charge in [0, 0.05) is 40.0 Å². The van der Waals surface area contributed by atoms with Crippen LogP contribution < -0.4 is 10.6 Å². The zero-order valence-corrected chi connectivity index (χ0v) is 18.7. The summed E-state index contributed by atoms with van der Waals surface area (Å²) in [6.45, 7) is 7.12. The molecule has 150 valence electrons. The molecular formula is C20H36IN3O2. The maximum atomic E-state index is 5.70. The molecule has 1 aromatic rings. The van der Waals surface area contributed by atoms with Gasteiger partial charge in [0.2, 0.25) is 0 Å². The highest BCUT2D eigenvalue weighted by Crippen LogP contribution is 2.00. The quantitative estimate of drug-likeness (QED) is 0.186. The van der Waals surface area contributed by atoms with Gasteiger partial charge in [-0.25, -0.2) is 0 Å². The van der Waals surface area contributed by atoms with Gasteiger partial charge in [0.05, 0.1) is 6.61 Å². The minimum atomic E-state index is 0. The van der Waals surface area contributed by atoms with Crippen molar-refractivity contribution in [1.82, 2.24) is 10.6 Å². The fourth-order valence-electron chi connectivity index (χ4n) is 2.37. The summed E-state index contributed by atoms with van der Waals surface area (Å²) in [6.07, 6.45) is 5.30. The molecule has 0 bridgehead atoms. The molecule has 1 rings (SSSR count). The number of unbranched alkanes of at least 4 members (excludes halogenated alkanes) is 2. The van der Waals surface area contributed by atoms with Crippen LogP contribution in [0.15, 0.2) is 35.3 Å². The van der Waals surface area contributed by atoms with Crippen LogP contribution in [0, 0.1) is 0 Å². The number of rotatable bonds is 14. The van der Waals surface area contributed by atoms with Crippen molar-refractivity contribution < 1.29 is 9.47 Å². The van der Waals surface area contributed by atoms with Gasteiger partial charge in [-0.3, -0.25) is 4.99 Å². The predicted molar refractivity (Wildman–Crippen MR) is 121 cm³/mol. The number of benzene rings is 1. The summed E-state index contributed by atoms with van der Waals surface area (Å²) >= 11 is 0. The van der Waals surface area contributed by atoms with Gasteiger partial charge in [-0.2, -0.15) is 0 Å². The Morgan fingerprint density at radius 2 is 1.50 bits per heavy atom. The van der Waals surface area contributed by atoms with Gasteiger partial charge < -0.3 is 20.1 Å². The molecule has 0 amide bonds. The first kappa shape index (κ1) is 25.1. The molecule has 6 heteroatoms. The van der Waals surface area contributed by atoms with Crippen LogP contribution in [0.25, 0.3) is 0 Å². The van der Waals surface area contributed by atoms with Crippen LogP contribution in [0.4, 0.5) is 0 Å². The van der Waals surface area contributed by atoms with Crippen molar-refractivity contribution in [2.24, 2.45) is 4.99 Å². The lowest BCUT2D eigenvalue weighted by Gasteiger charge is -2.12. The van der Waals surface area contributed by atoms with E-state index < -0.39 is 0 Å². The minimum absolute atomic E-state index is 0. The van der Waals surface area contributed by atoms with E-state index in [4.69, 9.17) is 9.47 Å². The molecule has 2 N–H and O–H groups in total. The van der Waals surface area contributed by atoms with Crippen LogP contribution >= 0.6 is 24.0 Å². The Kier molecular flexibility index (Phi) is 18.3. The second-order valence-electron chi connectivity index (χ2n) is 5.88. The van der Waals surface area contributed by atoms with Gasteiger partial charge in [0.15, 0.2) is 5.96 Å². The first-order chi connectivity index (χ1) is 12.4. The highest BCUT2D eigenvalue weighted by Gasteiger charge is 1.97. The lowest BCUT2D eigenvalue weighted by Crippen LogP contribution is -2.38. The van der Waals surface area contributed by atoms with Crippen molar-refractivity contribution in [3.8, 4) is 0 Å². The van der Waals surface area contributed by atoms with Crippen LogP contribution in [0.5, 0.6) is 0 Å². The molecular weight excluding hydrogens is 441 g/mol. The molecule has 0 saturated heterocycles. The Morgan fingerprint density at radius 3 is 2.08 bits per heavy atom. The van der Waals surface area contributed by atoms with E-state index >= 15 is 0 Å². The fourth-order valence-corrected chi connectivity index (χ4v) is 2.37. The summed E-state index contributed by atoms with van der Waals surface area (Å²) in [4.78, 5) is 4.23. The zero-order valence-electron chi connectivity index (χ0n) is 16.3. The SMILES string of the molecule is CCOCCCCNC(=NC)NCCCCOCCc1ccccc1.I. The number of nitrogens with one attached hydrogen (secondary N) is 2. The largest absolute Gasteiger partial charge is 0.382 e. The summed E-state index contributed by atoms with van der Waals surface area (Å²) in [7, 11) is 1.81. The summed E-state index contributed by atoms with van der Waals surface area (Å²) in [5.41, 5.74) is 1.33. The van der Waals surface area contributed by atoms with Crippen LogP contribution in [0.3, 0.4) is 0 Å². The first-order valence-corrected chi connectivity index (χ1v) is 9.50. The molecule has 0 saturated carbocycles. The third-order valence-electron chi connectivity index (χ3n) is 3.82. The molecule has 0 fully saturated rings. The molecule has 0 unspecified atom stereocenters. The van der Waals surface area contributed by atoms with Crippen LogP contribution in [-0.2, 0) is 15.9 Å². The van der Waals surface area contributed by atoms with Crippen LogP contribution in [-0.4, -0.2) is 52.5 Å². The molecule has 5 nitrogen and oxygen atoms in total. The number of guanidine groups is 1. The Hall–Kier alpha value is -0.860. The Bertz CT molecular complexity index is 444. The molecule has 0 aliphatic heterocycles. The van der Waals surface area contributed by atoms with Crippen LogP contribution in [0.2, 0.25) is 0 Å². The van der Waals surface area contributed by atoms with Crippen molar-refractivity contribution in [3.05, 3.63) is 35.9 Å². The van der Waals surface area contributed by atoms with Crippen LogP contribution in [0.1, 0.15) is 38.2 Å². The smallest absolute Gasteiger partial charge is 0.190 e. The fraction of sp³-hybridized carbons (Fsp3) is 0.650. The number of aliphatic imine (C=N–C) groups is 1. The van der Waals surface area contributed by atoms with E-state index in [1.807, 2.05) is 20.0 Å². The third-order valence-corrected chi connectivity index (χ3v) is 3.82. The Labute approximate surface area is 176 Å². The van der Waals surface area contributed by atoms with Gasteiger partial charge in [-0.05, 0) is 44.6 Å². The molecule has 26 heavy (non-hydrogen) atoms. The van der Waals surface area contributed by atoms with Crippen molar-refractivity contribution in [2.45, 2.75) is 39.0 Å². The zero-order chi connectivity index (χ0) is 18.0. The number of hydrogen-bond acceptors (Lipinski definition) is 3. The second-order valence-corrected chi connectivity index (χ2v) is 5.88. The first-order valence-electron chi connectivity index (χ1n) is 9.50. The highest BCUT2D eigenvalue weighted by atomic mass is 127. The highest BCUT2D eigenvalue weighted by molar-refractivity contribution is 14.0. The van der Waals surface area contributed by atoms with Crippen molar-refractivity contribution in [1.29, 1.82) is 0 Å². The monoisotopic (exact) mass is 477 g/mol. The third kappa shape index (κ3) is 14.3. The van der Waals surface area contributed by atoms with Crippen molar-refractivity contribution in [2.75, 3.05) is 46.6 Å². The normalized spacial score (nSPS) is 11.1. The molecule has 0 spiro atoms. The summed E-state index contributed by atoms with van der Waals surface area (Å²) in [5.74, 6) is 0.876. The topological polar surface area (TPSA) is 54.9 Å². The van der Waals surface area contributed by atoms with E-state index in [1.165, 1.54) is 5.56 Å².